The van der Waals surface area contributed by atoms with Crippen molar-refractivity contribution < 1.29 is 23.9 Å². The van der Waals surface area contributed by atoms with Crippen molar-refractivity contribution in [3.05, 3.63) is 51.7 Å². The summed E-state index contributed by atoms with van der Waals surface area (Å²) in [6.45, 7) is 1.27. The zero-order chi connectivity index (χ0) is 22.2. The summed E-state index contributed by atoms with van der Waals surface area (Å²) in [4.78, 5) is 41.0. The van der Waals surface area contributed by atoms with E-state index >= 15 is 0 Å². The van der Waals surface area contributed by atoms with Crippen molar-refractivity contribution in [1.29, 1.82) is 0 Å². The van der Waals surface area contributed by atoms with E-state index in [1.54, 1.807) is 42.3 Å². The maximum Gasteiger partial charge on any atom is 0.311 e. The van der Waals surface area contributed by atoms with Crippen molar-refractivity contribution in [2.24, 2.45) is 5.92 Å². The van der Waals surface area contributed by atoms with Crippen LogP contribution in [0, 0.1) is 5.92 Å². The number of halogens is 1. The van der Waals surface area contributed by atoms with E-state index in [4.69, 9.17) is 21.1 Å². The molecule has 2 aromatic rings. The van der Waals surface area contributed by atoms with Gasteiger partial charge in [0.1, 0.15) is 12.4 Å². The average molecular weight is 465 g/mol. The minimum atomic E-state index is -0.442. The van der Waals surface area contributed by atoms with Gasteiger partial charge < -0.3 is 19.3 Å². The SMILES string of the molecule is CN(CCOc1ccc(Cl)cc1)C(=O)COC(=O)C1CCCN(C(=O)c2cccs2)C1. The second-order valence-corrected chi connectivity index (χ2v) is 8.68. The van der Waals surface area contributed by atoms with Crippen LogP contribution in [0.3, 0.4) is 0 Å². The summed E-state index contributed by atoms with van der Waals surface area (Å²) in [6, 6.07) is 10.6. The number of rotatable bonds is 8. The maximum absolute atomic E-state index is 12.5. The number of carbonyl (C=O) groups excluding carboxylic acids is 3. The highest BCUT2D eigenvalue weighted by molar-refractivity contribution is 7.12. The molecule has 0 N–H and O–H groups in total. The van der Waals surface area contributed by atoms with E-state index < -0.39 is 11.9 Å². The second kappa shape index (κ2) is 11.2. The average Bonchev–Trinajstić information content (AvgIpc) is 3.33. The van der Waals surface area contributed by atoms with Crippen LogP contribution in [0.25, 0.3) is 0 Å². The molecule has 1 aromatic heterocycles. The molecule has 166 valence electrons. The first-order valence-corrected chi connectivity index (χ1v) is 11.3. The Morgan fingerprint density at radius 2 is 2.00 bits per heavy atom. The molecule has 1 atom stereocenters. The van der Waals surface area contributed by atoms with E-state index in [1.807, 2.05) is 11.4 Å². The first kappa shape index (κ1) is 23.1. The summed E-state index contributed by atoms with van der Waals surface area (Å²) in [5, 5.41) is 2.48. The Kier molecular flexibility index (Phi) is 8.31. The van der Waals surface area contributed by atoms with Gasteiger partial charge in [0, 0.05) is 25.2 Å². The molecule has 1 aromatic carbocycles. The van der Waals surface area contributed by atoms with E-state index in [2.05, 4.69) is 0 Å². The lowest BCUT2D eigenvalue weighted by molar-refractivity contribution is -0.156. The van der Waals surface area contributed by atoms with Gasteiger partial charge in [0.15, 0.2) is 6.61 Å². The van der Waals surface area contributed by atoms with Crippen LogP contribution in [-0.2, 0) is 14.3 Å². The van der Waals surface area contributed by atoms with Gasteiger partial charge in [-0.25, -0.2) is 0 Å². The topological polar surface area (TPSA) is 76.2 Å². The van der Waals surface area contributed by atoms with Gasteiger partial charge in [-0.2, -0.15) is 0 Å². The molecular formula is C22H25ClN2O5S. The highest BCUT2D eigenvalue weighted by Crippen LogP contribution is 2.21. The summed E-state index contributed by atoms with van der Waals surface area (Å²) >= 11 is 7.22. The van der Waals surface area contributed by atoms with Crippen LogP contribution in [0.2, 0.25) is 5.02 Å². The lowest BCUT2D eigenvalue weighted by Crippen LogP contribution is -2.43. The van der Waals surface area contributed by atoms with Crippen molar-refractivity contribution >= 4 is 40.7 Å². The van der Waals surface area contributed by atoms with Crippen LogP contribution < -0.4 is 4.74 Å². The molecule has 0 saturated carbocycles. The van der Waals surface area contributed by atoms with Crippen LogP contribution in [0.1, 0.15) is 22.5 Å². The van der Waals surface area contributed by atoms with E-state index in [0.29, 0.717) is 48.3 Å². The normalized spacial score (nSPS) is 15.9. The number of hydrogen-bond donors (Lipinski definition) is 0. The van der Waals surface area contributed by atoms with Gasteiger partial charge in [0.25, 0.3) is 11.8 Å². The van der Waals surface area contributed by atoms with Gasteiger partial charge in [-0.05, 0) is 48.6 Å². The molecule has 0 spiro atoms. The molecule has 1 saturated heterocycles. The number of piperidine rings is 1. The fourth-order valence-electron chi connectivity index (χ4n) is 3.23. The van der Waals surface area contributed by atoms with Gasteiger partial charge in [0.2, 0.25) is 0 Å². The minimum Gasteiger partial charge on any atom is -0.492 e. The number of carbonyl (C=O) groups is 3. The number of hydrogen-bond acceptors (Lipinski definition) is 6. The Hall–Kier alpha value is -2.58. The molecule has 1 fully saturated rings. The van der Waals surface area contributed by atoms with Crippen LogP contribution >= 0.6 is 22.9 Å². The molecule has 31 heavy (non-hydrogen) atoms. The van der Waals surface area contributed by atoms with Gasteiger partial charge >= 0.3 is 5.97 Å². The van der Waals surface area contributed by atoms with Crippen molar-refractivity contribution in [3.63, 3.8) is 0 Å². The Labute approximate surface area is 190 Å². The lowest BCUT2D eigenvalue weighted by Gasteiger charge is -2.31. The molecule has 0 bridgehead atoms. The fourth-order valence-corrected chi connectivity index (χ4v) is 4.04. The molecule has 0 aliphatic carbocycles. The summed E-state index contributed by atoms with van der Waals surface area (Å²) < 4.78 is 10.8. The number of esters is 1. The second-order valence-electron chi connectivity index (χ2n) is 7.29. The standard InChI is InChI=1S/C22H25ClN2O5S/c1-24(11-12-29-18-8-6-17(23)7-9-18)20(26)15-30-22(28)16-4-2-10-25(14-16)21(27)19-5-3-13-31-19/h3,5-9,13,16H,2,4,10-12,14-15H2,1H3. The quantitative estimate of drug-likeness (QED) is 0.560. The molecule has 7 nitrogen and oxygen atoms in total. The highest BCUT2D eigenvalue weighted by Gasteiger charge is 2.30. The Bertz CT molecular complexity index is 888. The van der Waals surface area contributed by atoms with E-state index in [0.717, 1.165) is 6.42 Å². The van der Waals surface area contributed by atoms with Crippen LogP contribution in [0.4, 0.5) is 0 Å². The number of benzene rings is 1. The Morgan fingerprint density at radius 3 is 2.71 bits per heavy atom. The monoisotopic (exact) mass is 464 g/mol. The summed E-state index contributed by atoms with van der Waals surface area (Å²) in [7, 11) is 1.63. The van der Waals surface area contributed by atoms with Crippen LogP contribution in [0.5, 0.6) is 5.75 Å². The third kappa shape index (κ3) is 6.70. The summed E-state index contributed by atoms with van der Waals surface area (Å²) in [5.74, 6) is -0.568. The molecule has 1 aliphatic rings. The minimum absolute atomic E-state index is 0.0657. The van der Waals surface area contributed by atoms with E-state index in [1.165, 1.54) is 16.2 Å². The van der Waals surface area contributed by atoms with Crippen molar-refractivity contribution in [1.82, 2.24) is 9.80 Å². The molecule has 2 amide bonds. The van der Waals surface area contributed by atoms with Crippen molar-refractivity contribution in [2.45, 2.75) is 12.8 Å². The molecular weight excluding hydrogens is 440 g/mol. The number of likely N-dealkylation sites (N-methyl/N-ethyl adjacent to an activating group) is 1. The molecule has 0 radical (unpaired) electrons. The zero-order valence-electron chi connectivity index (χ0n) is 17.3. The number of nitrogens with zero attached hydrogens (tertiary/aromatic N) is 2. The summed E-state index contributed by atoms with van der Waals surface area (Å²) in [6.07, 6.45) is 1.37. The van der Waals surface area contributed by atoms with E-state index in [-0.39, 0.29) is 18.4 Å². The lowest BCUT2D eigenvalue weighted by atomic mass is 9.98. The van der Waals surface area contributed by atoms with Crippen LogP contribution in [-0.4, -0.2) is 67.5 Å². The molecule has 1 aliphatic heterocycles. The van der Waals surface area contributed by atoms with Crippen molar-refractivity contribution in [3.8, 4) is 5.75 Å². The molecule has 1 unspecified atom stereocenters. The van der Waals surface area contributed by atoms with Gasteiger partial charge in [-0.1, -0.05) is 17.7 Å². The third-order valence-corrected chi connectivity index (χ3v) is 6.16. The third-order valence-electron chi connectivity index (χ3n) is 5.05. The summed E-state index contributed by atoms with van der Waals surface area (Å²) in [5.41, 5.74) is 0. The van der Waals surface area contributed by atoms with Crippen molar-refractivity contribution in [2.75, 3.05) is 39.9 Å². The van der Waals surface area contributed by atoms with E-state index in [9.17, 15) is 14.4 Å². The van der Waals surface area contributed by atoms with Crippen LogP contribution in [0.15, 0.2) is 41.8 Å². The van der Waals surface area contributed by atoms with Gasteiger partial charge in [0.05, 0.1) is 17.3 Å². The fraction of sp³-hybridized carbons (Fsp3) is 0.409. The highest BCUT2D eigenvalue weighted by atomic mass is 35.5. The number of likely N-dealkylation sites (tertiary alicyclic amines) is 1. The zero-order valence-corrected chi connectivity index (χ0v) is 18.9. The first-order valence-electron chi connectivity index (χ1n) is 10.1. The molecule has 3 rings (SSSR count). The smallest absolute Gasteiger partial charge is 0.311 e. The number of thiophene rings is 1. The largest absolute Gasteiger partial charge is 0.492 e. The Morgan fingerprint density at radius 1 is 1.23 bits per heavy atom. The Balaban J connectivity index is 1.39. The van der Waals surface area contributed by atoms with Gasteiger partial charge in [-0.3, -0.25) is 14.4 Å². The van der Waals surface area contributed by atoms with Gasteiger partial charge in [-0.15, -0.1) is 11.3 Å². The predicted molar refractivity (Wildman–Crippen MR) is 118 cm³/mol. The number of amides is 2. The maximum atomic E-state index is 12.5. The number of ether oxygens (including phenoxy) is 2. The predicted octanol–water partition coefficient (Wildman–Crippen LogP) is 3.33. The first-order chi connectivity index (χ1) is 14.9. The molecule has 9 heteroatoms. The molecule has 2 heterocycles.